The van der Waals surface area contributed by atoms with Gasteiger partial charge in [-0.15, -0.1) is 12.4 Å². The Hall–Kier alpha value is -0.970. The fourth-order valence-electron chi connectivity index (χ4n) is 1.08. The lowest BCUT2D eigenvalue weighted by molar-refractivity contribution is -0.123. The van der Waals surface area contributed by atoms with E-state index in [0.29, 0.717) is 17.3 Å². The Morgan fingerprint density at radius 3 is 2.61 bits per heavy atom. The third-order valence-corrected chi connectivity index (χ3v) is 2.25. The van der Waals surface area contributed by atoms with Gasteiger partial charge >= 0.3 is 0 Å². The van der Waals surface area contributed by atoms with Gasteiger partial charge in [-0.3, -0.25) is 4.79 Å². The average molecular weight is 293 g/mol. The van der Waals surface area contributed by atoms with Crippen molar-refractivity contribution in [1.29, 1.82) is 0 Å². The van der Waals surface area contributed by atoms with Crippen molar-refractivity contribution < 1.29 is 9.53 Å². The van der Waals surface area contributed by atoms with Crippen LogP contribution in [0.3, 0.4) is 0 Å². The molecule has 0 spiro atoms. The first-order chi connectivity index (χ1) is 7.88. The van der Waals surface area contributed by atoms with Crippen LogP contribution in [0.1, 0.15) is 13.8 Å². The number of hydrogen-bond donors (Lipinski definition) is 2. The minimum absolute atomic E-state index is 0. The van der Waals surface area contributed by atoms with Crippen LogP contribution in [0.4, 0.5) is 0 Å². The predicted octanol–water partition coefficient (Wildman–Crippen LogP) is 1.99. The van der Waals surface area contributed by atoms with Crippen LogP contribution in [0.15, 0.2) is 24.3 Å². The van der Waals surface area contributed by atoms with Crippen molar-refractivity contribution in [3.63, 3.8) is 0 Å². The van der Waals surface area contributed by atoms with Crippen LogP contribution in [-0.4, -0.2) is 24.6 Å². The summed E-state index contributed by atoms with van der Waals surface area (Å²) in [7, 11) is 0. The average Bonchev–Trinajstić information content (AvgIpc) is 2.24. The molecule has 0 atom stereocenters. The molecule has 0 fully saturated rings. The smallest absolute Gasteiger partial charge is 0.258 e. The molecule has 0 aliphatic rings. The molecule has 1 aromatic rings. The van der Waals surface area contributed by atoms with E-state index in [4.69, 9.17) is 22.1 Å². The molecule has 3 N–H and O–H groups in total. The van der Waals surface area contributed by atoms with Crippen LogP contribution in [0.25, 0.3) is 0 Å². The fraction of sp³-hybridized carbons (Fsp3) is 0.417. The monoisotopic (exact) mass is 292 g/mol. The van der Waals surface area contributed by atoms with Crippen molar-refractivity contribution in [2.45, 2.75) is 19.4 Å². The van der Waals surface area contributed by atoms with Gasteiger partial charge in [0.1, 0.15) is 5.75 Å². The number of nitrogens with one attached hydrogen (secondary N) is 1. The third kappa shape index (κ3) is 6.69. The zero-order valence-electron chi connectivity index (χ0n) is 10.4. The Labute approximate surface area is 118 Å². The van der Waals surface area contributed by atoms with Crippen molar-refractivity contribution in [2.75, 3.05) is 13.2 Å². The van der Waals surface area contributed by atoms with Crippen molar-refractivity contribution in [1.82, 2.24) is 5.32 Å². The van der Waals surface area contributed by atoms with Crippen molar-refractivity contribution in [3.8, 4) is 5.75 Å². The van der Waals surface area contributed by atoms with Crippen molar-refractivity contribution >= 4 is 29.9 Å². The number of para-hydroxylation sites is 1. The van der Waals surface area contributed by atoms with E-state index in [2.05, 4.69) is 5.32 Å². The molecule has 0 aromatic heterocycles. The first-order valence-electron chi connectivity index (χ1n) is 5.31. The molecule has 1 amide bonds. The summed E-state index contributed by atoms with van der Waals surface area (Å²) in [6.07, 6.45) is 0. The SMILES string of the molecule is CC(C)(N)CNC(=O)COc1ccccc1Cl.Cl. The first-order valence-corrected chi connectivity index (χ1v) is 5.69. The maximum atomic E-state index is 11.4. The molecule has 0 unspecified atom stereocenters. The topological polar surface area (TPSA) is 64.3 Å². The summed E-state index contributed by atoms with van der Waals surface area (Å²) in [5, 5.41) is 3.17. The van der Waals surface area contributed by atoms with Gasteiger partial charge < -0.3 is 15.8 Å². The minimum atomic E-state index is -0.431. The van der Waals surface area contributed by atoms with Crippen LogP contribution in [-0.2, 0) is 4.79 Å². The molecule has 1 aromatic carbocycles. The number of carbonyl (C=O) groups excluding carboxylic acids is 1. The summed E-state index contributed by atoms with van der Waals surface area (Å²) in [5.74, 6) is 0.278. The molecule has 0 radical (unpaired) electrons. The Bertz CT molecular complexity index is 392. The quantitative estimate of drug-likeness (QED) is 0.872. The van der Waals surface area contributed by atoms with E-state index in [1.807, 2.05) is 13.8 Å². The lowest BCUT2D eigenvalue weighted by Gasteiger charge is -2.18. The molecule has 1 rings (SSSR count). The number of hydrogen-bond acceptors (Lipinski definition) is 3. The highest BCUT2D eigenvalue weighted by molar-refractivity contribution is 6.32. The normalized spacial score (nSPS) is 10.4. The van der Waals surface area contributed by atoms with Crippen LogP contribution < -0.4 is 15.8 Å². The molecule has 102 valence electrons. The number of carbonyl (C=O) groups is 1. The maximum Gasteiger partial charge on any atom is 0.258 e. The molecule has 4 nitrogen and oxygen atoms in total. The lowest BCUT2D eigenvalue weighted by Crippen LogP contribution is -2.46. The summed E-state index contributed by atoms with van der Waals surface area (Å²) in [5.41, 5.74) is 5.31. The highest BCUT2D eigenvalue weighted by Crippen LogP contribution is 2.22. The number of benzene rings is 1. The summed E-state index contributed by atoms with van der Waals surface area (Å²) >= 11 is 5.88. The van der Waals surface area contributed by atoms with Gasteiger partial charge in [0.05, 0.1) is 5.02 Å². The van der Waals surface area contributed by atoms with Gasteiger partial charge in [-0.05, 0) is 26.0 Å². The van der Waals surface area contributed by atoms with Crippen LogP contribution in [0, 0.1) is 0 Å². The van der Waals surface area contributed by atoms with E-state index in [1.54, 1.807) is 24.3 Å². The summed E-state index contributed by atoms with van der Waals surface area (Å²) in [6.45, 7) is 4.00. The zero-order valence-corrected chi connectivity index (χ0v) is 12.0. The summed E-state index contributed by atoms with van der Waals surface area (Å²) in [6, 6.07) is 7.01. The molecule has 18 heavy (non-hydrogen) atoms. The minimum Gasteiger partial charge on any atom is -0.482 e. The molecule has 0 heterocycles. The van der Waals surface area contributed by atoms with Crippen LogP contribution >= 0.6 is 24.0 Å². The third-order valence-electron chi connectivity index (χ3n) is 1.94. The van der Waals surface area contributed by atoms with Gasteiger partial charge in [0.2, 0.25) is 0 Å². The summed E-state index contributed by atoms with van der Waals surface area (Å²) in [4.78, 5) is 11.4. The van der Waals surface area contributed by atoms with Gasteiger partial charge in [0.25, 0.3) is 5.91 Å². The molecule has 0 aliphatic carbocycles. The van der Waals surface area contributed by atoms with Crippen molar-refractivity contribution in [2.24, 2.45) is 5.73 Å². The Kier molecular flexibility index (Phi) is 7.06. The lowest BCUT2D eigenvalue weighted by atomic mass is 10.1. The van der Waals surface area contributed by atoms with E-state index in [1.165, 1.54) is 0 Å². The highest BCUT2D eigenvalue weighted by atomic mass is 35.5. The van der Waals surface area contributed by atoms with Gasteiger partial charge in [-0.25, -0.2) is 0 Å². The standard InChI is InChI=1S/C12H17ClN2O2.ClH/c1-12(2,14)8-15-11(16)7-17-10-6-4-3-5-9(10)13;/h3-6H,7-8,14H2,1-2H3,(H,15,16);1H. The van der Waals surface area contributed by atoms with Gasteiger partial charge in [0.15, 0.2) is 6.61 Å². The number of rotatable bonds is 5. The molecule has 0 saturated carbocycles. The molecule has 0 bridgehead atoms. The summed E-state index contributed by atoms with van der Waals surface area (Å²) < 4.78 is 5.28. The molecule has 0 saturated heterocycles. The zero-order chi connectivity index (χ0) is 12.9. The molecular weight excluding hydrogens is 275 g/mol. The Morgan fingerprint density at radius 2 is 2.06 bits per heavy atom. The largest absolute Gasteiger partial charge is 0.482 e. The number of amides is 1. The van der Waals surface area contributed by atoms with E-state index < -0.39 is 5.54 Å². The van der Waals surface area contributed by atoms with Gasteiger partial charge in [0, 0.05) is 12.1 Å². The van der Waals surface area contributed by atoms with E-state index in [-0.39, 0.29) is 24.9 Å². The highest BCUT2D eigenvalue weighted by Gasteiger charge is 2.12. The Balaban J connectivity index is 0.00000289. The van der Waals surface area contributed by atoms with E-state index >= 15 is 0 Å². The van der Waals surface area contributed by atoms with Gasteiger partial charge in [-0.1, -0.05) is 23.7 Å². The second kappa shape index (κ2) is 7.46. The fourth-order valence-corrected chi connectivity index (χ4v) is 1.27. The second-order valence-corrected chi connectivity index (χ2v) is 4.89. The van der Waals surface area contributed by atoms with E-state index in [9.17, 15) is 4.79 Å². The van der Waals surface area contributed by atoms with E-state index in [0.717, 1.165) is 0 Å². The Morgan fingerprint density at radius 1 is 1.44 bits per heavy atom. The molecular formula is C12H18Cl2N2O2. The molecule has 6 heteroatoms. The first kappa shape index (κ1) is 17.0. The maximum absolute atomic E-state index is 11.4. The number of nitrogens with two attached hydrogens (primary N) is 1. The van der Waals surface area contributed by atoms with Gasteiger partial charge in [-0.2, -0.15) is 0 Å². The number of halogens is 2. The van der Waals surface area contributed by atoms with Crippen molar-refractivity contribution in [3.05, 3.63) is 29.3 Å². The molecule has 0 aliphatic heterocycles. The predicted molar refractivity (Wildman–Crippen MR) is 75.5 cm³/mol. The van der Waals surface area contributed by atoms with Crippen LogP contribution in [0.2, 0.25) is 5.02 Å². The van der Waals surface area contributed by atoms with Crippen LogP contribution in [0.5, 0.6) is 5.75 Å². The number of ether oxygens (including phenoxy) is 1. The second-order valence-electron chi connectivity index (χ2n) is 4.48.